The van der Waals surface area contributed by atoms with Crippen molar-refractivity contribution in [3.05, 3.63) is 35.4 Å². The van der Waals surface area contributed by atoms with Crippen LogP contribution in [-0.4, -0.2) is 12.6 Å². The molecule has 1 N–H and O–H groups in total. The molecule has 1 heteroatoms. The highest BCUT2D eigenvalue weighted by Crippen LogP contribution is 2.54. The number of hydrogen-bond donors (Lipinski definition) is 1. The molecule has 1 saturated carbocycles. The SMILES string of the molecule is Cc1cccc(C2(CNC(C)C)CC(C(C)(C)C)C2)c1. The molecule has 0 radical (unpaired) electrons. The van der Waals surface area contributed by atoms with E-state index in [4.69, 9.17) is 0 Å². The average Bonchev–Trinajstić information content (AvgIpc) is 2.25. The number of nitrogens with one attached hydrogen (secondary N) is 1. The topological polar surface area (TPSA) is 12.0 Å². The van der Waals surface area contributed by atoms with Gasteiger partial charge in [-0.1, -0.05) is 64.4 Å². The molecule has 2 rings (SSSR count). The van der Waals surface area contributed by atoms with Crippen LogP contribution in [0.25, 0.3) is 0 Å². The van der Waals surface area contributed by atoms with Crippen molar-refractivity contribution in [3.63, 3.8) is 0 Å². The molecule has 112 valence electrons. The fourth-order valence-electron chi connectivity index (χ4n) is 3.35. The quantitative estimate of drug-likeness (QED) is 0.839. The first kappa shape index (κ1) is 15.6. The molecular weight excluding hydrogens is 242 g/mol. The molecule has 20 heavy (non-hydrogen) atoms. The highest BCUT2D eigenvalue weighted by Gasteiger charge is 2.49. The summed E-state index contributed by atoms with van der Waals surface area (Å²) < 4.78 is 0. The number of aryl methyl sites for hydroxylation is 1. The van der Waals surface area contributed by atoms with Gasteiger partial charge in [0.25, 0.3) is 0 Å². The summed E-state index contributed by atoms with van der Waals surface area (Å²) in [7, 11) is 0. The smallest absolute Gasteiger partial charge is 0.00836 e. The van der Waals surface area contributed by atoms with Crippen LogP contribution in [0.2, 0.25) is 0 Å². The molecule has 1 fully saturated rings. The summed E-state index contributed by atoms with van der Waals surface area (Å²) in [5.41, 5.74) is 3.70. The second kappa shape index (κ2) is 5.52. The Morgan fingerprint density at radius 2 is 1.90 bits per heavy atom. The van der Waals surface area contributed by atoms with Gasteiger partial charge in [-0.3, -0.25) is 0 Å². The van der Waals surface area contributed by atoms with Crippen molar-refractivity contribution in [2.45, 2.75) is 65.8 Å². The normalized spacial score (nSPS) is 26.6. The molecule has 0 saturated heterocycles. The average molecular weight is 273 g/mol. The maximum absolute atomic E-state index is 3.68. The van der Waals surface area contributed by atoms with Crippen LogP contribution in [0, 0.1) is 18.3 Å². The van der Waals surface area contributed by atoms with Gasteiger partial charge in [0, 0.05) is 18.0 Å². The predicted octanol–water partition coefficient (Wildman–Crippen LogP) is 4.69. The van der Waals surface area contributed by atoms with Gasteiger partial charge in [-0.2, -0.15) is 0 Å². The number of benzene rings is 1. The van der Waals surface area contributed by atoms with E-state index >= 15 is 0 Å². The van der Waals surface area contributed by atoms with Gasteiger partial charge in [-0.25, -0.2) is 0 Å². The summed E-state index contributed by atoms with van der Waals surface area (Å²) in [6.45, 7) is 14.9. The third-order valence-corrected chi connectivity index (χ3v) is 4.98. The first-order valence-corrected chi connectivity index (χ1v) is 8.03. The molecule has 0 atom stereocenters. The second-order valence-corrected chi connectivity index (χ2v) is 8.16. The van der Waals surface area contributed by atoms with Crippen LogP contribution < -0.4 is 5.32 Å². The van der Waals surface area contributed by atoms with Crippen LogP contribution in [-0.2, 0) is 5.41 Å². The summed E-state index contributed by atoms with van der Waals surface area (Å²) in [5, 5.41) is 3.68. The van der Waals surface area contributed by atoms with E-state index in [0.29, 0.717) is 16.9 Å². The zero-order valence-corrected chi connectivity index (χ0v) is 14.1. The van der Waals surface area contributed by atoms with Gasteiger partial charge in [0.05, 0.1) is 0 Å². The summed E-state index contributed by atoms with van der Waals surface area (Å²) in [4.78, 5) is 0. The van der Waals surface area contributed by atoms with Gasteiger partial charge >= 0.3 is 0 Å². The van der Waals surface area contributed by atoms with Crippen LogP contribution in [0.4, 0.5) is 0 Å². The monoisotopic (exact) mass is 273 g/mol. The minimum atomic E-state index is 0.355. The van der Waals surface area contributed by atoms with Crippen molar-refractivity contribution in [2.24, 2.45) is 11.3 Å². The first-order valence-electron chi connectivity index (χ1n) is 8.03. The third-order valence-electron chi connectivity index (χ3n) is 4.98. The zero-order valence-electron chi connectivity index (χ0n) is 14.1. The lowest BCUT2D eigenvalue weighted by Crippen LogP contribution is -2.53. The summed E-state index contributed by atoms with van der Waals surface area (Å²) in [6, 6.07) is 9.69. The Bertz CT molecular complexity index is 447. The molecule has 0 unspecified atom stereocenters. The minimum absolute atomic E-state index is 0.355. The Balaban J connectivity index is 2.19. The van der Waals surface area contributed by atoms with Gasteiger partial charge in [0.15, 0.2) is 0 Å². The van der Waals surface area contributed by atoms with Crippen LogP contribution in [0.15, 0.2) is 24.3 Å². The van der Waals surface area contributed by atoms with E-state index in [1.54, 1.807) is 0 Å². The molecule has 1 aliphatic rings. The molecule has 1 aromatic carbocycles. The Morgan fingerprint density at radius 1 is 1.25 bits per heavy atom. The van der Waals surface area contributed by atoms with Crippen LogP contribution in [0.5, 0.6) is 0 Å². The van der Waals surface area contributed by atoms with Crippen molar-refractivity contribution in [3.8, 4) is 0 Å². The van der Waals surface area contributed by atoms with Gasteiger partial charge in [-0.05, 0) is 36.7 Å². The lowest BCUT2D eigenvalue weighted by molar-refractivity contribution is 0.0437. The highest BCUT2D eigenvalue weighted by atomic mass is 14.9. The molecule has 0 spiro atoms. The third kappa shape index (κ3) is 3.25. The Labute approximate surface area is 125 Å². The largest absolute Gasteiger partial charge is 0.314 e. The maximum atomic E-state index is 3.68. The van der Waals surface area contributed by atoms with Crippen LogP contribution >= 0.6 is 0 Å². The molecule has 0 heterocycles. The van der Waals surface area contributed by atoms with Crippen molar-refractivity contribution in [1.82, 2.24) is 5.32 Å². The maximum Gasteiger partial charge on any atom is 0.00836 e. The first-order chi connectivity index (χ1) is 9.23. The predicted molar refractivity (Wildman–Crippen MR) is 88.2 cm³/mol. The van der Waals surface area contributed by atoms with E-state index in [1.165, 1.54) is 24.0 Å². The van der Waals surface area contributed by atoms with Crippen molar-refractivity contribution in [2.75, 3.05) is 6.54 Å². The molecule has 0 amide bonds. The molecular formula is C19H31N. The fourth-order valence-corrected chi connectivity index (χ4v) is 3.35. The van der Waals surface area contributed by atoms with E-state index in [1.807, 2.05) is 0 Å². The van der Waals surface area contributed by atoms with E-state index in [-0.39, 0.29) is 0 Å². The van der Waals surface area contributed by atoms with Crippen molar-refractivity contribution >= 4 is 0 Å². The van der Waals surface area contributed by atoms with Gasteiger partial charge in [0.2, 0.25) is 0 Å². The molecule has 0 aliphatic heterocycles. The Morgan fingerprint density at radius 3 is 2.40 bits per heavy atom. The zero-order chi connectivity index (χ0) is 15.0. The van der Waals surface area contributed by atoms with Crippen molar-refractivity contribution < 1.29 is 0 Å². The van der Waals surface area contributed by atoms with Crippen LogP contribution in [0.1, 0.15) is 58.6 Å². The van der Waals surface area contributed by atoms with Gasteiger partial charge in [-0.15, -0.1) is 0 Å². The van der Waals surface area contributed by atoms with Crippen LogP contribution in [0.3, 0.4) is 0 Å². The number of hydrogen-bond acceptors (Lipinski definition) is 1. The molecule has 0 aromatic heterocycles. The van der Waals surface area contributed by atoms with E-state index in [2.05, 4.69) is 71.1 Å². The summed E-state index contributed by atoms with van der Waals surface area (Å²) in [5.74, 6) is 0.844. The second-order valence-electron chi connectivity index (χ2n) is 8.16. The molecule has 1 nitrogen and oxygen atoms in total. The minimum Gasteiger partial charge on any atom is -0.314 e. The van der Waals surface area contributed by atoms with E-state index in [0.717, 1.165) is 12.5 Å². The van der Waals surface area contributed by atoms with Crippen molar-refractivity contribution in [1.29, 1.82) is 0 Å². The highest BCUT2D eigenvalue weighted by molar-refractivity contribution is 5.33. The Hall–Kier alpha value is -0.820. The fraction of sp³-hybridized carbons (Fsp3) is 0.684. The Kier molecular flexibility index (Phi) is 4.30. The number of rotatable bonds is 4. The molecule has 0 bridgehead atoms. The van der Waals surface area contributed by atoms with Gasteiger partial charge in [0.1, 0.15) is 0 Å². The van der Waals surface area contributed by atoms with E-state index < -0.39 is 0 Å². The lowest BCUT2D eigenvalue weighted by atomic mass is 9.52. The van der Waals surface area contributed by atoms with Gasteiger partial charge < -0.3 is 5.32 Å². The molecule has 1 aromatic rings. The summed E-state index contributed by atoms with van der Waals surface area (Å²) >= 11 is 0. The standard InChI is InChI=1S/C19H31N/c1-14(2)20-13-19(11-17(12-19)18(4,5)6)16-9-7-8-15(3)10-16/h7-10,14,17,20H,11-13H2,1-6H3. The summed E-state index contributed by atoms with van der Waals surface area (Å²) in [6.07, 6.45) is 2.64. The van der Waals surface area contributed by atoms with E-state index in [9.17, 15) is 0 Å². The lowest BCUT2D eigenvalue weighted by Gasteiger charge is -2.54. The molecule has 1 aliphatic carbocycles.